The molecule has 0 bridgehead atoms. The van der Waals surface area contributed by atoms with Crippen molar-refractivity contribution >= 4 is 22.6 Å². The zero-order chi connectivity index (χ0) is 23.6. The van der Waals surface area contributed by atoms with Crippen LogP contribution in [0.25, 0.3) is 0 Å². The highest BCUT2D eigenvalue weighted by Gasteiger charge is 2.48. The Kier molecular flexibility index (Phi) is 9.91. The maximum Gasteiger partial charge on any atom is 0.186 e. The molecule has 34 heavy (non-hydrogen) atoms. The van der Waals surface area contributed by atoms with Crippen LogP contribution in [0.5, 0.6) is 0 Å². The van der Waals surface area contributed by atoms with Gasteiger partial charge in [0.2, 0.25) is 0 Å². The monoisotopic (exact) mass is 574 g/mol. The van der Waals surface area contributed by atoms with Gasteiger partial charge in [0.1, 0.15) is 18.3 Å². The molecule has 3 aromatic rings. The smallest absolute Gasteiger partial charge is 0.186 e. The van der Waals surface area contributed by atoms with Crippen molar-refractivity contribution in [1.29, 1.82) is 0 Å². The second-order valence-electron chi connectivity index (χ2n) is 8.22. The maximum atomic E-state index is 6.52. The maximum absolute atomic E-state index is 6.52. The highest BCUT2D eigenvalue weighted by molar-refractivity contribution is 14.1. The molecule has 0 amide bonds. The Bertz CT molecular complexity index is 899. The molecule has 0 saturated carbocycles. The number of ether oxygens (including phenoxy) is 5. The van der Waals surface area contributed by atoms with Crippen molar-refractivity contribution in [3.8, 4) is 0 Å². The van der Waals surface area contributed by atoms with Gasteiger partial charge >= 0.3 is 0 Å². The molecule has 1 heterocycles. The molecule has 1 unspecified atom stereocenters. The van der Waals surface area contributed by atoms with Crippen LogP contribution in [0.3, 0.4) is 0 Å². The van der Waals surface area contributed by atoms with Gasteiger partial charge < -0.3 is 23.7 Å². The predicted molar refractivity (Wildman–Crippen MR) is 140 cm³/mol. The fourth-order valence-electron chi connectivity index (χ4n) is 4.06. The predicted octanol–water partition coefficient (Wildman–Crippen LogP) is 5.55. The summed E-state index contributed by atoms with van der Waals surface area (Å²) >= 11 is 2.33. The van der Waals surface area contributed by atoms with Crippen LogP contribution in [0.15, 0.2) is 91.0 Å². The molecule has 0 N–H and O–H groups in total. The van der Waals surface area contributed by atoms with Gasteiger partial charge in [0, 0.05) is 11.5 Å². The quantitative estimate of drug-likeness (QED) is 0.222. The lowest BCUT2D eigenvalue weighted by Gasteiger charge is -2.45. The largest absolute Gasteiger partial charge is 0.368 e. The second kappa shape index (κ2) is 13.3. The van der Waals surface area contributed by atoms with Crippen molar-refractivity contribution in [1.82, 2.24) is 0 Å². The van der Waals surface area contributed by atoms with Crippen molar-refractivity contribution in [3.63, 3.8) is 0 Å². The van der Waals surface area contributed by atoms with E-state index < -0.39 is 12.4 Å². The summed E-state index contributed by atoms with van der Waals surface area (Å²) in [4.78, 5) is 0. The molecule has 5 nitrogen and oxygen atoms in total. The second-order valence-corrected chi connectivity index (χ2v) is 9.10. The van der Waals surface area contributed by atoms with Crippen LogP contribution in [-0.4, -0.2) is 42.2 Å². The van der Waals surface area contributed by atoms with Crippen LogP contribution < -0.4 is 0 Å². The van der Waals surface area contributed by atoms with E-state index in [1.165, 1.54) is 0 Å². The molecule has 0 spiro atoms. The number of benzene rings is 3. The summed E-state index contributed by atoms with van der Waals surface area (Å²) in [5, 5.41) is 0. The molecule has 5 atom stereocenters. The molecular weight excluding hydrogens is 543 g/mol. The highest BCUT2D eigenvalue weighted by Crippen LogP contribution is 2.31. The fourth-order valence-corrected chi connectivity index (χ4v) is 4.77. The van der Waals surface area contributed by atoms with E-state index in [-0.39, 0.29) is 18.3 Å². The topological polar surface area (TPSA) is 46.2 Å². The minimum atomic E-state index is -0.555. The normalized spacial score (nSPS) is 24.7. The summed E-state index contributed by atoms with van der Waals surface area (Å²) in [6.45, 7) is 1.35. The third-order valence-electron chi connectivity index (χ3n) is 5.83. The Morgan fingerprint density at radius 3 is 1.44 bits per heavy atom. The Morgan fingerprint density at radius 2 is 1.03 bits per heavy atom. The number of hydrogen-bond donors (Lipinski definition) is 0. The Balaban J connectivity index is 1.56. The third kappa shape index (κ3) is 6.87. The molecule has 0 aliphatic carbocycles. The zero-order valence-corrected chi connectivity index (χ0v) is 21.5. The first-order valence-electron chi connectivity index (χ1n) is 11.5. The minimum absolute atomic E-state index is 0.188. The lowest BCUT2D eigenvalue weighted by molar-refractivity contribution is -0.313. The van der Waals surface area contributed by atoms with Gasteiger partial charge in [0.05, 0.1) is 25.9 Å². The molecule has 0 radical (unpaired) electrons. The molecular formula is C28H31IO5. The molecule has 3 aromatic carbocycles. The molecule has 6 heteroatoms. The molecule has 0 aromatic heterocycles. The van der Waals surface area contributed by atoms with Gasteiger partial charge in [-0.15, -0.1) is 0 Å². The minimum Gasteiger partial charge on any atom is -0.368 e. The van der Waals surface area contributed by atoms with E-state index in [2.05, 4.69) is 46.9 Å². The van der Waals surface area contributed by atoms with Crippen molar-refractivity contribution in [3.05, 3.63) is 108 Å². The van der Waals surface area contributed by atoms with Gasteiger partial charge in [-0.25, -0.2) is 0 Å². The van der Waals surface area contributed by atoms with Crippen LogP contribution in [0.4, 0.5) is 0 Å². The number of methoxy groups -OCH3 is 1. The van der Waals surface area contributed by atoms with Gasteiger partial charge in [-0.05, 0) is 16.7 Å². The average molecular weight is 574 g/mol. The van der Waals surface area contributed by atoms with Gasteiger partial charge in [-0.3, -0.25) is 0 Å². The number of alkyl halides is 1. The van der Waals surface area contributed by atoms with E-state index in [4.69, 9.17) is 23.7 Å². The SMILES string of the molecule is COC1O[C@H](CI)[C@@H](OCc2ccccc2)[C@H](OCc2ccccc2)[C@H]1OCc1ccccc1. The lowest BCUT2D eigenvalue weighted by atomic mass is 9.98. The van der Waals surface area contributed by atoms with E-state index >= 15 is 0 Å². The molecule has 4 rings (SSSR count). The van der Waals surface area contributed by atoms with Crippen LogP contribution in [0, 0.1) is 0 Å². The first-order chi connectivity index (χ1) is 16.8. The van der Waals surface area contributed by atoms with Crippen molar-refractivity contribution in [2.45, 2.75) is 50.5 Å². The molecule has 180 valence electrons. The van der Waals surface area contributed by atoms with Crippen LogP contribution >= 0.6 is 22.6 Å². The molecule has 1 fully saturated rings. The average Bonchev–Trinajstić information content (AvgIpc) is 2.91. The highest BCUT2D eigenvalue weighted by atomic mass is 127. The standard InChI is InChI=1S/C28H31IO5/c1-30-28-27(33-20-23-15-9-4-10-16-23)26(32-19-22-13-7-3-8-14-22)25(24(17-29)34-28)31-18-21-11-5-2-6-12-21/h2-16,24-28H,17-20H2,1H3/t24-,25-,26+,27-,28?/m1/s1. The summed E-state index contributed by atoms with van der Waals surface area (Å²) in [6.07, 6.45) is -1.87. The number of rotatable bonds is 11. The first kappa shape index (κ1) is 25.3. The summed E-state index contributed by atoms with van der Waals surface area (Å²) in [5.41, 5.74) is 3.28. The summed E-state index contributed by atoms with van der Waals surface area (Å²) < 4.78 is 32.2. The van der Waals surface area contributed by atoms with Crippen LogP contribution in [0.1, 0.15) is 16.7 Å². The summed E-state index contributed by atoms with van der Waals surface area (Å²) in [5.74, 6) is 0. The summed E-state index contributed by atoms with van der Waals surface area (Å²) in [6, 6.07) is 30.4. The molecule has 1 aliphatic heterocycles. The van der Waals surface area contributed by atoms with E-state index in [1.807, 2.05) is 66.7 Å². The fraction of sp³-hybridized carbons (Fsp3) is 0.357. The Labute approximate surface area is 215 Å². The van der Waals surface area contributed by atoms with Gasteiger partial charge in [-0.2, -0.15) is 0 Å². The van der Waals surface area contributed by atoms with E-state index in [0.717, 1.165) is 21.1 Å². The van der Waals surface area contributed by atoms with Crippen molar-refractivity contribution in [2.24, 2.45) is 0 Å². The lowest BCUT2D eigenvalue weighted by Crippen LogP contribution is -2.61. The van der Waals surface area contributed by atoms with Crippen LogP contribution in [-0.2, 0) is 43.5 Å². The van der Waals surface area contributed by atoms with Gasteiger partial charge in [-0.1, -0.05) is 114 Å². The van der Waals surface area contributed by atoms with Gasteiger partial charge in [0.25, 0.3) is 0 Å². The number of halogens is 1. The Hall–Kier alpha value is -1.81. The van der Waals surface area contributed by atoms with E-state index in [1.54, 1.807) is 7.11 Å². The zero-order valence-electron chi connectivity index (χ0n) is 19.3. The Morgan fingerprint density at radius 1 is 0.618 bits per heavy atom. The van der Waals surface area contributed by atoms with Crippen molar-refractivity contribution in [2.75, 3.05) is 11.5 Å². The van der Waals surface area contributed by atoms with E-state index in [9.17, 15) is 0 Å². The van der Waals surface area contributed by atoms with Gasteiger partial charge in [0.15, 0.2) is 6.29 Å². The number of hydrogen-bond acceptors (Lipinski definition) is 5. The summed E-state index contributed by atoms with van der Waals surface area (Å²) in [7, 11) is 1.65. The van der Waals surface area contributed by atoms with Crippen LogP contribution in [0.2, 0.25) is 0 Å². The van der Waals surface area contributed by atoms with E-state index in [0.29, 0.717) is 19.8 Å². The molecule has 1 aliphatic rings. The first-order valence-corrected chi connectivity index (χ1v) is 13.0. The van der Waals surface area contributed by atoms with Crippen molar-refractivity contribution < 1.29 is 23.7 Å². The third-order valence-corrected chi connectivity index (χ3v) is 6.70. The molecule has 1 saturated heterocycles.